The number of phenolic OH excluding ortho intramolecular Hbond substituents is 5. The van der Waals surface area contributed by atoms with Crippen molar-refractivity contribution in [3.05, 3.63) is 76.9 Å². The summed E-state index contributed by atoms with van der Waals surface area (Å²) in [7, 11) is 0. The number of aromatic hydroxyl groups is 5. The number of rotatable bonds is 8. The van der Waals surface area contributed by atoms with Crippen molar-refractivity contribution >= 4 is 47.0 Å². The van der Waals surface area contributed by atoms with E-state index in [0.717, 1.165) is 36.4 Å². The van der Waals surface area contributed by atoms with E-state index in [1.807, 2.05) is 0 Å². The van der Waals surface area contributed by atoms with Crippen LogP contribution in [0.4, 0.5) is 0 Å². The zero-order chi connectivity index (χ0) is 28.4. The van der Waals surface area contributed by atoms with Gasteiger partial charge in [-0.2, -0.15) is 0 Å². The number of esters is 1. The molecule has 0 saturated carbocycles. The Morgan fingerprint density at radius 3 is 2.10 bits per heavy atom. The molecule has 0 unspecified atom stereocenters. The van der Waals surface area contributed by atoms with E-state index in [0.29, 0.717) is 0 Å². The maximum absolute atomic E-state index is 12.4. The van der Waals surface area contributed by atoms with Gasteiger partial charge in [0.25, 0.3) is 0 Å². The maximum atomic E-state index is 12.4. The van der Waals surface area contributed by atoms with E-state index in [9.17, 15) is 50.1 Å². The Bertz CT molecular complexity index is 1500. The zero-order valence-corrected chi connectivity index (χ0v) is 21.9. The molecular weight excluding hydrogens is 541 g/mol. The van der Waals surface area contributed by atoms with E-state index in [-0.39, 0.29) is 57.5 Å². The van der Waals surface area contributed by atoms with Crippen molar-refractivity contribution in [2.75, 3.05) is 0 Å². The summed E-state index contributed by atoms with van der Waals surface area (Å²) in [6.07, 6.45) is -1.44. The van der Waals surface area contributed by atoms with E-state index in [1.54, 1.807) is 0 Å². The summed E-state index contributed by atoms with van der Waals surface area (Å²) in [5, 5.41) is 72.3. The predicted octanol–water partition coefficient (Wildman–Crippen LogP) is -0.281. The second-order valence-electron chi connectivity index (χ2n) is 8.61. The Hall–Kier alpha value is -4.62. The minimum absolute atomic E-state index is 0. The van der Waals surface area contributed by atoms with Crippen molar-refractivity contribution in [1.82, 2.24) is 0 Å². The third-order valence-corrected chi connectivity index (χ3v) is 6.03. The molecule has 0 aromatic heterocycles. The van der Waals surface area contributed by atoms with Gasteiger partial charge in [-0.25, -0.2) is 4.79 Å². The van der Waals surface area contributed by atoms with E-state index < -0.39 is 64.8 Å². The van der Waals surface area contributed by atoms with Gasteiger partial charge in [-0.05, 0) is 53.1 Å². The number of fused-ring (bicyclic) bond motifs is 1. The molecule has 0 radical (unpaired) electrons. The summed E-state index contributed by atoms with van der Waals surface area (Å²) in [5.74, 6) is -8.46. The van der Waals surface area contributed by atoms with E-state index >= 15 is 0 Å². The molecule has 0 saturated heterocycles. The second kappa shape index (κ2) is 12.0. The van der Waals surface area contributed by atoms with E-state index in [4.69, 9.17) is 9.47 Å². The average Bonchev–Trinajstić information content (AvgIpc) is 3.29. The number of aliphatic carboxylic acids is 2. The van der Waals surface area contributed by atoms with Crippen LogP contribution in [-0.4, -0.2) is 72.6 Å². The van der Waals surface area contributed by atoms with Gasteiger partial charge in [-0.1, -0.05) is 18.2 Å². The molecule has 0 spiro atoms. The molecule has 1 aliphatic heterocycles. The van der Waals surface area contributed by atoms with Crippen molar-refractivity contribution in [3.63, 3.8) is 0 Å². The van der Waals surface area contributed by atoms with E-state index in [2.05, 4.69) is 0 Å². The van der Waals surface area contributed by atoms with Gasteiger partial charge in [0.15, 0.2) is 34.5 Å². The number of ether oxygens (including phenoxy) is 2. The van der Waals surface area contributed by atoms with Gasteiger partial charge in [0.1, 0.15) is 12.2 Å². The molecule has 3 aromatic rings. The number of carboxylic acids is 2. The van der Waals surface area contributed by atoms with Crippen LogP contribution in [0.15, 0.2) is 54.6 Å². The monoisotopic (exact) mass is 560 g/mol. The summed E-state index contributed by atoms with van der Waals surface area (Å²) in [6, 6.07) is 9.58. The fraction of sp³-hybridized carbons (Fsp3) is 0.148. The van der Waals surface area contributed by atoms with Gasteiger partial charge in [0.2, 0.25) is 0 Å². The predicted molar refractivity (Wildman–Crippen MR) is 132 cm³/mol. The average molecular weight is 561 g/mol. The molecule has 1 aliphatic rings. The van der Waals surface area contributed by atoms with Gasteiger partial charge >= 0.3 is 29.0 Å². The molecule has 5 N–H and O–H groups in total. The van der Waals surface area contributed by atoms with Crippen LogP contribution < -0.4 is 14.9 Å². The quantitative estimate of drug-likeness (QED) is 0.104. The standard InChI is InChI=1S/C27H22O12.Mg/c28-15-5-1-12(9-18(15)31)10-20(26(34)35)38-21(33)8-4-13-2-7-17(30)25-22(13)23(27(36)37)24(39-25)14-3-6-16(29)19(32)11-14;/h1-9,11,20,23-24,28-32H,10H2,(H,34,35)(H,36,37);/q;+2/p-2/b8-4+;/t20-,23+,24-;/m1./s1. The topological polar surface area (TPSA) is 217 Å². The third-order valence-electron chi connectivity index (χ3n) is 6.03. The normalized spacial score (nSPS) is 16.4. The van der Waals surface area contributed by atoms with Gasteiger partial charge in [0.05, 0.1) is 17.9 Å². The molecule has 13 heteroatoms. The van der Waals surface area contributed by atoms with Gasteiger partial charge in [-0.3, -0.25) is 0 Å². The maximum Gasteiger partial charge on any atom is 2.00 e. The van der Waals surface area contributed by atoms with Crippen LogP contribution in [0.3, 0.4) is 0 Å². The fourth-order valence-electron chi connectivity index (χ4n) is 4.18. The van der Waals surface area contributed by atoms with Crippen molar-refractivity contribution < 1.29 is 59.6 Å². The molecule has 202 valence electrons. The molecule has 12 nitrogen and oxygen atoms in total. The molecule has 0 fully saturated rings. The van der Waals surface area contributed by atoms with Crippen LogP contribution in [0, 0.1) is 0 Å². The van der Waals surface area contributed by atoms with Crippen LogP contribution >= 0.6 is 0 Å². The van der Waals surface area contributed by atoms with Crippen molar-refractivity contribution in [1.29, 1.82) is 0 Å². The van der Waals surface area contributed by atoms with Crippen molar-refractivity contribution in [2.45, 2.75) is 24.5 Å². The molecule has 0 aliphatic carbocycles. The molecule has 0 amide bonds. The number of carbonyl (C=O) groups excluding carboxylic acids is 3. The molecule has 4 rings (SSSR count). The Labute approximate surface area is 242 Å². The first-order valence-electron chi connectivity index (χ1n) is 11.3. The number of hydrogen-bond donors (Lipinski definition) is 5. The molecule has 40 heavy (non-hydrogen) atoms. The Morgan fingerprint density at radius 1 is 0.875 bits per heavy atom. The van der Waals surface area contributed by atoms with Gasteiger partial charge in [0, 0.05) is 18.1 Å². The molecular formula is C27H20MgO12. The van der Waals surface area contributed by atoms with Crippen LogP contribution in [0.25, 0.3) is 6.08 Å². The summed E-state index contributed by atoms with van der Waals surface area (Å²) in [5.41, 5.74) is 0.440. The van der Waals surface area contributed by atoms with Crippen LogP contribution in [0.5, 0.6) is 34.5 Å². The van der Waals surface area contributed by atoms with E-state index in [1.165, 1.54) is 24.3 Å². The SMILES string of the molecule is O=C(/C=C/c1ccc(O)c2c1[C@H](C(=O)[O-])[C@@H](c1ccc(O)c(O)c1)O2)O[C@H](Cc1ccc(O)c(O)c1)C(=O)[O-].[Mg+2]. The fourth-order valence-corrected chi connectivity index (χ4v) is 4.18. The molecule has 3 aromatic carbocycles. The molecule has 1 heterocycles. The van der Waals surface area contributed by atoms with Crippen LogP contribution in [0.1, 0.15) is 34.3 Å². The Kier molecular flexibility index (Phi) is 9.01. The Balaban J connectivity index is 0.00000441. The first-order chi connectivity index (χ1) is 18.5. The summed E-state index contributed by atoms with van der Waals surface area (Å²) >= 11 is 0. The second-order valence-corrected chi connectivity index (χ2v) is 8.61. The molecule has 3 atom stereocenters. The first-order valence-corrected chi connectivity index (χ1v) is 11.3. The minimum Gasteiger partial charge on any atom is -0.549 e. The Morgan fingerprint density at radius 2 is 1.50 bits per heavy atom. The minimum atomic E-state index is -1.76. The summed E-state index contributed by atoms with van der Waals surface area (Å²) < 4.78 is 10.6. The number of carbonyl (C=O) groups is 3. The largest absolute Gasteiger partial charge is 2.00 e. The smallest absolute Gasteiger partial charge is 0.549 e. The van der Waals surface area contributed by atoms with Gasteiger partial charge < -0.3 is 54.8 Å². The van der Waals surface area contributed by atoms with Crippen LogP contribution in [-0.2, 0) is 25.5 Å². The first kappa shape index (κ1) is 29.9. The number of benzene rings is 3. The number of carboxylic acid groups (broad SMARTS) is 2. The zero-order valence-electron chi connectivity index (χ0n) is 20.5. The van der Waals surface area contributed by atoms with Crippen molar-refractivity contribution in [3.8, 4) is 34.5 Å². The van der Waals surface area contributed by atoms with Crippen LogP contribution in [0.2, 0.25) is 0 Å². The van der Waals surface area contributed by atoms with Gasteiger partial charge in [-0.15, -0.1) is 0 Å². The summed E-state index contributed by atoms with van der Waals surface area (Å²) in [6.45, 7) is 0. The molecule has 0 bridgehead atoms. The third kappa shape index (κ3) is 6.16. The number of hydrogen-bond acceptors (Lipinski definition) is 12. The van der Waals surface area contributed by atoms with Crippen molar-refractivity contribution in [2.24, 2.45) is 0 Å². The summed E-state index contributed by atoms with van der Waals surface area (Å²) in [4.78, 5) is 36.1. The number of phenols is 5.